The van der Waals surface area contributed by atoms with Crippen molar-refractivity contribution in [2.75, 3.05) is 31.6 Å². The van der Waals surface area contributed by atoms with Crippen LogP contribution in [-0.4, -0.2) is 61.2 Å². The molecule has 2 heterocycles. The van der Waals surface area contributed by atoms with Gasteiger partial charge in [-0.1, -0.05) is 6.08 Å². The van der Waals surface area contributed by atoms with Gasteiger partial charge in [-0.25, -0.2) is 4.79 Å². The Labute approximate surface area is 144 Å². The maximum Gasteiger partial charge on any atom is 0.332 e. The van der Waals surface area contributed by atoms with Gasteiger partial charge < -0.3 is 25.4 Å². The molecule has 2 aromatic rings. The van der Waals surface area contributed by atoms with Gasteiger partial charge in [-0.2, -0.15) is 4.98 Å². The smallest absolute Gasteiger partial charge is 0.332 e. The lowest BCUT2D eigenvalue weighted by atomic mass is 10.3. The minimum atomic E-state index is -0.783. The summed E-state index contributed by atoms with van der Waals surface area (Å²) in [6.07, 6.45) is 0.896. The van der Waals surface area contributed by atoms with Gasteiger partial charge >= 0.3 is 5.69 Å². The van der Waals surface area contributed by atoms with Gasteiger partial charge in [0.2, 0.25) is 5.95 Å². The summed E-state index contributed by atoms with van der Waals surface area (Å²) in [6, 6.07) is 0. The number of nitrogens with zero attached hydrogens (tertiary/aromatic N) is 4. The largest absolute Gasteiger partial charge is 0.395 e. The number of aromatic nitrogens is 4. The van der Waals surface area contributed by atoms with Crippen LogP contribution in [-0.2, 0) is 20.6 Å². The van der Waals surface area contributed by atoms with E-state index in [1.165, 1.54) is 23.2 Å². The van der Waals surface area contributed by atoms with E-state index in [4.69, 9.17) is 5.11 Å². The lowest BCUT2D eigenvalue weighted by Gasteiger charge is -2.15. The molecule has 0 fully saturated rings. The summed E-state index contributed by atoms with van der Waals surface area (Å²) in [5.41, 5.74) is -0.537. The lowest BCUT2D eigenvalue weighted by Crippen LogP contribution is -2.38. The van der Waals surface area contributed by atoms with Crippen LogP contribution in [0.1, 0.15) is 0 Å². The van der Waals surface area contributed by atoms with Gasteiger partial charge in [0.1, 0.15) is 0 Å². The number of aliphatic hydroxyl groups is 2. The molecular formula is C15H24N6O4. The molecule has 10 heteroatoms. The fourth-order valence-electron chi connectivity index (χ4n) is 2.55. The second-order valence-corrected chi connectivity index (χ2v) is 5.68. The van der Waals surface area contributed by atoms with Crippen molar-refractivity contribution in [1.82, 2.24) is 24.0 Å². The zero-order chi connectivity index (χ0) is 18.6. The molecule has 0 radical (unpaired) electrons. The maximum atomic E-state index is 12.6. The summed E-state index contributed by atoms with van der Waals surface area (Å²) in [5, 5.41) is 25.2. The van der Waals surface area contributed by atoms with E-state index in [1.807, 2.05) is 0 Å². The van der Waals surface area contributed by atoms with Gasteiger partial charge in [-0.05, 0) is 0 Å². The Kier molecular flexibility index (Phi) is 6.12. The molecule has 0 saturated heterocycles. The molecule has 2 aromatic heterocycles. The van der Waals surface area contributed by atoms with E-state index in [2.05, 4.69) is 22.2 Å². The van der Waals surface area contributed by atoms with E-state index >= 15 is 0 Å². The fourth-order valence-corrected chi connectivity index (χ4v) is 2.55. The lowest BCUT2D eigenvalue weighted by molar-refractivity contribution is 0.154. The zero-order valence-corrected chi connectivity index (χ0v) is 14.4. The maximum absolute atomic E-state index is 12.6. The van der Waals surface area contributed by atoms with E-state index in [0.717, 1.165) is 4.57 Å². The Bertz CT molecular complexity index is 865. The van der Waals surface area contributed by atoms with Crippen LogP contribution in [0.15, 0.2) is 22.2 Å². The van der Waals surface area contributed by atoms with Crippen LogP contribution < -0.4 is 21.9 Å². The van der Waals surface area contributed by atoms with Crippen molar-refractivity contribution in [2.24, 2.45) is 14.1 Å². The number of imidazole rings is 1. The molecule has 0 aliphatic rings. The van der Waals surface area contributed by atoms with E-state index in [9.17, 15) is 14.7 Å². The average Bonchev–Trinajstić information content (AvgIpc) is 2.95. The normalized spacial score (nSPS) is 12.5. The molecule has 0 aliphatic heterocycles. The molecule has 10 nitrogen and oxygen atoms in total. The van der Waals surface area contributed by atoms with Crippen LogP contribution in [0.3, 0.4) is 0 Å². The second-order valence-electron chi connectivity index (χ2n) is 5.68. The van der Waals surface area contributed by atoms with Crippen molar-refractivity contribution >= 4 is 17.1 Å². The highest BCUT2D eigenvalue weighted by molar-refractivity contribution is 5.74. The van der Waals surface area contributed by atoms with Gasteiger partial charge in [-0.15, -0.1) is 6.58 Å². The first-order valence-corrected chi connectivity index (χ1v) is 7.93. The summed E-state index contributed by atoms with van der Waals surface area (Å²) in [7, 11) is 2.92. The minimum Gasteiger partial charge on any atom is -0.395 e. The van der Waals surface area contributed by atoms with E-state index in [-0.39, 0.29) is 30.9 Å². The SMILES string of the molecule is C=CCNCC(O)Cn1c(NCCO)nc2c1c(=O)n(C)c(=O)n2C. The van der Waals surface area contributed by atoms with E-state index in [1.54, 1.807) is 6.08 Å². The van der Waals surface area contributed by atoms with E-state index in [0.29, 0.717) is 19.0 Å². The minimum absolute atomic E-state index is 0.0991. The first-order chi connectivity index (χ1) is 11.9. The molecule has 1 atom stereocenters. The van der Waals surface area contributed by atoms with Gasteiger partial charge in [0.15, 0.2) is 11.2 Å². The molecule has 0 bridgehead atoms. The van der Waals surface area contributed by atoms with Crippen molar-refractivity contribution in [3.8, 4) is 0 Å². The van der Waals surface area contributed by atoms with Crippen LogP contribution in [0.4, 0.5) is 5.95 Å². The van der Waals surface area contributed by atoms with Crippen LogP contribution in [0.2, 0.25) is 0 Å². The molecule has 0 aliphatic carbocycles. The molecule has 25 heavy (non-hydrogen) atoms. The number of hydrogen-bond acceptors (Lipinski definition) is 7. The average molecular weight is 352 g/mol. The Morgan fingerprint density at radius 1 is 1.32 bits per heavy atom. The molecule has 4 N–H and O–H groups in total. The quantitative estimate of drug-likeness (QED) is 0.303. The summed E-state index contributed by atoms with van der Waals surface area (Å²) in [4.78, 5) is 28.9. The first-order valence-electron chi connectivity index (χ1n) is 7.93. The van der Waals surface area contributed by atoms with Gasteiger partial charge in [-0.3, -0.25) is 13.9 Å². The standard InChI is InChI=1S/C15H24N6O4/c1-4-5-16-8-10(23)9-21-11-12(18-14(21)17-6-7-22)19(2)15(25)20(3)13(11)24/h4,10,16,22-23H,1,5-9H2,2-3H3,(H,17,18). The van der Waals surface area contributed by atoms with E-state index < -0.39 is 17.4 Å². The third-order valence-electron chi connectivity index (χ3n) is 3.80. The van der Waals surface area contributed by atoms with Crippen molar-refractivity contribution in [3.63, 3.8) is 0 Å². The van der Waals surface area contributed by atoms with Crippen molar-refractivity contribution in [3.05, 3.63) is 33.5 Å². The summed E-state index contributed by atoms with van der Waals surface area (Å²) in [5.74, 6) is 0.310. The number of fused-ring (bicyclic) bond motifs is 1. The highest BCUT2D eigenvalue weighted by atomic mass is 16.3. The van der Waals surface area contributed by atoms with Crippen molar-refractivity contribution in [1.29, 1.82) is 0 Å². The second kappa shape index (κ2) is 8.10. The molecule has 1 unspecified atom stereocenters. The van der Waals surface area contributed by atoms with Crippen LogP contribution >= 0.6 is 0 Å². The fraction of sp³-hybridized carbons (Fsp3) is 0.533. The number of rotatable bonds is 9. The van der Waals surface area contributed by atoms with Gasteiger partial charge in [0.05, 0.1) is 19.3 Å². The molecule has 2 rings (SSSR count). The van der Waals surface area contributed by atoms with Crippen LogP contribution in [0, 0.1) is 0 Å². The number of hydrogen-bond donors (Lipinski definition) is 4. The molecular weight excluding hydrogens is 328 g/mol. The summed E-state index contributed by atoms with van der Waals surface area (Å²) in [6.45, 7) is 4.65. The predicted molar refractivity (Wildman–Crippen MR) is 94.9 cm³/mol. The van der Waals surface area contributed by atoms with Gasteiger partial charge in [0, 0.05) is 33.7 Å². The van der Waals surface area contributed by atoms with Crippen molar-refractivity contribution < 1.29 is 10.2 Å². The number of aliphatic hydroxyl groups excluding tert-OH is 2. The summed E-state index contributed by atoms with van der Waals surface area (Å²) >= 11 is 0. The summed E-state index contributed by atoms with van der Waals surface area (Å²) < 4.78 is 3.81. The third-order valence-corrected chi connectivity index (χ3v) is 3.80. The highest BCUT2D eigenvalue weighted by Crippen LogP contribution is 2.16. The topological polar surface area (TPSA) is 126 Å². The number of anilines is 1. The highest BCUT2D eigenvalue weighted by Gasteiger charge is 2.20. The third kappa shape index (κ3) is 3.81. The number of aryl methyl sites for hydroxylation is 1. The monoisotopic (exact) mass is 352 g/mol. The Morgan fingerprint density at radius 2 is 2.04 bits per heavy atom. The van der Waals surface area contributed by atoms with Crippen LogP contribution in [0.25, 0.3) is 11.2 Å². The Balaban J connectivity index is 2.52. The molecule has 0 spiro atoms. The zero-order valence-electron chi connectivity index (χ0n) is 14.4. The molecule has 0 aromatic carbocycles. The van der Waals surface area contributed by atoms with Gasteiger partial charge in [0.25, 0.3) is 5.56 Å². The Morgan fingerprint density at radius 3 is 2.68 bits per heavy atom. The van der Waals surface area contributed by atoms with Crippen LogP contribution in [0.5, 0.6) is 0 Å². The predicted octanol–water partition coefficient (Wildman–Crippen LogP) is -2.03. The first kappa shape index (κ1) is 18.9. The molecule has 0 saturated carbocycles. The van der Waals surface area contributed by atoms with Crippen molar-refractivity contribution in [2.45, 2.75) is 12.6 Å². The molecule has 0 amide bonds. The molecule has 138 valence electrons. The Hall–Kier alpha value is -2.43. The number of nitrogens with one attached hydrogen (secondary N) is 2.